The van der Waals surface area contributed by atoms with Crippen LogP contribution in [0.2, 0.25) is 0 Å². The van der Waals surface area contributed by atoms with Gasteiger partial charge in [-0.3, -0.25) is 4.79 Å². The number of pyridine rings is 1. The SMILES string of the molecule is N#CCc1c(OC(F)(F)F)cc(=O)[nH]c1CBr. The fourth-order valence-electron chi connectivity index (χ4n) is 1.22. The number of H-pyrrole nitrogens is 1. The Morgan fingerprint density at radius 3 is 2.65 bits per heavy atom. The maximum Gasteiger partial charge on any atom is 0.573 e. The van der Waals surface area contributed by atoms with E-state index < -0.39 is 17.7 Å². The standard InChI is InChI=1S/C9H6BrF3N2O2/c10-4-6-5(1-2-14)7(3-8(16)15-6)17-9(11,12)13/h3H,1,4H2,(H,15,16). The summed E-state index contributed by atoms with van der Waals surface area (Å²) >= 11 is 3.01. The lowest BCUT2D eigenvalue weighted by Crippen LogP contribution is -2.21. The van der Waals surface area contributed by atoms with Crippen molar-refractivity contribution in [2.24, 2.45) is 0 Å². The highest BCUT2D eigenvalue weighted by molar-refractivity contribution is 9.08. The average Bonchev–Trinajstić information content (AvgIpc) is 2.19. The lowest BCUT2D eigenvalue weighted by molar-refractivity contribution is -0.274. The maximum atomic E-state index is 12.1. The molecule has 1 aromatic heterocycles. The molecule has 0 saturated carbocycles. The smallest absolute Gasteiger partial charge is 0.405 e. The van der Waals surface area contributed by atoms with Gasteiger partial charge in [-0.15, -0.1) is 13.2 Å². The molecular formula is C9H6BrF3N2O2. The van der Waals surface area contributed by atoms with Gasteiger partial charge in [-0.25, -0.2) is 0 Å². The molecular weight excluding hydrogens is 305 g/mol. The zero-order valence-corrected chi connectivity index (χ0v) is 9.85. The zero-order valence-electron chi connectivity index (χ0n) is 8.27. The lowest BCUT2D eigenvalue weighted by atomic mass is 10.1. The average molecular weight is 311 g/mol. The largest absolute Gasteiger partial charge is 0.573 e. The van der Waals surface area contributed by atoms with Gasteiger partial charge in [-0.05, 0) is 0 Å². The first-order valence-electron chi connectivity index (χ1n) is 4.31. The number of aromatic nitrogens is 1. The lowest BCUT2D eigenvalue weighted by Gasteiger charge is -2.13. The van der Waals surface area contributed by atoms with E-state index in [9.17, 15) is 18.0 Å². The summed E-state index contributed by atoms with van der Waals surface area (Å²) in [5.41, 5.74) is -0.514. The molecule has 0 bridgehead atoms. The third kappa shape index (κ3) is 3.78. The Kier molecular flexibility index (Phi) is 4.17. The molecule has 0 fully saturated rings. The van der Waals surface area contributed by atoms with Crippen LogP contribution in [0.5, 0.6) is 5.75 Å². The summed E-state index contributed by atoms with van der Waals surface area (Å²) in [7, 11) is 0. The van der Waals surface area contributed by atoms with Crippen molar-refractivity contribution < 1.29 is 17.9 Å². The molecule has 0 atom stereocenters. The first-order valence-corrected chi connectivity index (χ1v) is 5.43. The molecule has 0 aliphatic heterocycles. The summed E-state index contributed by atoms with van der Waals surface area (Å²) in [4.78, 5) is 13.4. The minimum absolute atomic E-state index is 0.0151. The number of ether oxygens (including phenoxy) is 1. The Labute approximate surface area is 102 Å². The van der Waals surface area contributed by atoms with Crippen molar-refractivity contribution in [3.63, 3.8) is 0 Å². The van der Waals surface area contributed by atoms with Crippen LogP contribution in [0.15, 0.2) is 10.9 Å². The Hall–Kier alpha value is -1.49. The van der Waals surface area contributed by atoms with E-state index in [-0.39, 0.29) is 23.0 Å². The number of hydrogen-bond donors (Lipinski definition) is 1. The highest BCUT2D eigenvalue weighted by Gasteiger charge is 2.32. The summed E-state index contributed by atoms with van der Waals surface area (Å²) in [5, 5.41) is 8.66. The second-order valence-electron chi connectivity index (χ2n) is 2.97. The number of hydrogen-bond acceptors (Lipinski definition) is 3. The van der Waals surface area contributed by atoms with Gasteiger partial charge in [0, 0.05) is 22.7 Å². The van der Waals surface area contributed by atoms with Gasteiger partial charge < -0.3 is 9.72 Å². The van der Waals surface area contributed by atoms with Crippen LogP contribution < -0.4 is 10.3 Å². The van der Waals surface area contributed by atoms with Crippen molar-refractivity contribution in [1.82, 2.24) is 4.98 Å². The van der Waals surface area contributed by atoms with E-state index in [2.05, 4.69) is 25.7 Å². The van der Waals surface area contributed by atoms with E-state index >= 15 is 0 Å². The van der Waals surface area contributed by atoms with Crippen LogP contribution in [0, 0.1) is 11.3 Å². The summed E-state index contributed by atoms with van der Waals surface area (Å²) in [6, 6.07) is 2.39. The second-order valence-corrected chi connectivity index (χ2v) is 3.53. The molecule has 1 N–H and O–H groups in total. The number of alkyl halides is 4. The number of halogens is 4. The molecule has 0 amide bonds. The van der Waals surface area contributed by atoms with Crippen LogP contribution in [0.3, 0.4) is 0 Å². The minimum atomic E-state index is -4.90. The molecule has 0 aromatic carbocycles. The third-order valence-corrected chi connectivity index (χ3v) is 2.37. The first-order chi connectivity index (χ1) is 7.87. The minimum Gasteiger partial charge on any atom is -0.405 e. The normalized spacial score (nSPS) is 11.0. The van der Waals surface area contributed by atoms with Gasteiger partial charge in [-0.2, -0.15) is 5.26 Å². The van der Waals surface area contributed by atoms with Crippen molar-refractivity contribution in [2.45, 2.75) is 18.1 Å². The first kappa shape index (κ1) is 13.6. The molecule has 1 heterocycles. The molecule has 4 nitrogen and oxygen atoms in total. The fraction of sp³-hybridized carbons (Fsp3) is 0.333. The number of aromatic amines is 1. The Morgan fingerprint density at radius 1 is 1.53 bits per heavy atom. The molecule has 17 heavy (non-hydrogen) atoms. The van der Waals surface area contributed by atoms with Gasteiger partial charge in [0.25, 0.3) is 5.56 Å². The van der Waals surface area contributed by atoms with Crippen LogP contribution in [0.4, 0.5) is 13.2 Å². The van der Waals surface area contributed by atoms with E-state index in [1.165, 1.54) is 0 Å². The number of nitriles is 1. The topological polar surface area (TPSA) is 65.9 Å². The molecule has 92 valence electrons. The van der Waals surface area contributed by atoms with Gasteiger partial charge in [0.2, 0.25) is 0 Å². The monoisotopic (exact) mass is 310 g/mol. The van der Waals surface area contributed by atoms with Crippen LogP contribution in [-0.4, -0.2) is 11.3 Å². The zero-order chi connectivity index (χ0) is 13.1. The van der Waals surface area contributed by atoms with Crippen LogP contribution in [-0.2, 0) is 11.8 Å². The highest BCUT2D eigenvalue weighted by Crippen LogP contribution is 2.27. The van der Waals surface area contributed by atoms with Crippen LogP contribution >= 0.6 is 15.9 Å². The molecule has 0 spiro atoms. The van der Waals surface area contributed by atoms with Gasteiger partial charge in [-0.1, -0.05) is 15.9 Å². The molecule has 1 aromatic rings. The molecule has 0 unspecified atom stereocenters. The van der Waals surface area contributed by atoms with Gasteiger partial charge in [0.05, 0.1) is 12.5 Å². The number of nitrogens with one attached hydrogen (secondary N) is 1. The fourth-order valence-corrected chi connectivity index (χ4v) is 1.70. The highest BCUT2D eigenvalue weighted by atomic mass is 79.9. The van der Waals surface area contributed by atoms with E-state index in [1.807, 2.05) is 0 Å². The predicted octanol–water partition coefficient (Wildman–Crippen LogP) is 2.23. The van der Waals surface area contributed by atoms with Crippen molar-refractivity contribution in [2.75, 3.05) is 0 Å². The molecule has 0 radical (unpaired) electrons. The van der Waals surface area contributed by atoms with Crippen LogP contribution in [0.25, 0.3) is 0 Å². The summed E-state index contributed by atoms with van der Waals surface area (Å²) < 4.78 is 40.0. The Morgan fingerprint density at radius 2 is 2.18 bits per heavy atom. The van der Waals surface area contributed by atoms with Crippen molar-refractivity contribution in [3.05, 3.63) is 27.7 Å². The van der Waals surface area contributed by atoms with Crippen molar-refractivity contribution in [1.29, 1.82) is 5.26 Å². The van der Waals surface area contributed by atoms with E-state index in [0.717, 1.165) is 0 Å². The molecule has 1 rings (SSSR count). The maximum absolute atomic E-state index is 12.1. The van der Waals surface area contributed by atoms with Gasteiger partial charge in [0.15, 0.2) is 0 Å². The van der Waals surface area contributed by atoms with Gasteiger partial charge >= 0.3 is 6.36 Å². The summed E-state index contributed by atoms with van der Waals surface area (Å²) in [6.07, 6.45) is -5.19. The number of nitrogens with zero attached hydrogens (tertiary/aromatic N) is 1. The van der Waals surface area contributed by atoms with Crippen molar-refractivity contribution >= 4 is 15.9 Å². The summed E-state index contributed by atoms with van der Waals surface area (Å²) in [5.74, 6) is -0.641. The van der Waals surface area contributed by atoms with E-state index in [1.54, 1.807) is 6.07 Å². The molecule has 0 aliphatic rings. The quantitative estimate of drug-likeness (QED) is 0.871. The van der Waals surface area contributed by atoms with E-state index in [0.29, 0.717) is 6.07 Å². The van der Waals surface area contributed by atoms with Gasteiger partial charge in [0.1, 0.15) is 5.75 Å². The molecule has 0 aliphatic carbocycles. The summed E-state index contributed by atoms with van der Waals surface area (Å²) in [6.45, 7) is 0. The van der Waals surface area contributed by atoms with Crippen LogP contribution in [0.1, 0.15) is 11.3 Å². The molecule has 8 heteroatoms. The molecule has 0 saturated heterocycles. The second kappa shape index (κ2) is 5.23. The van der Waals surface area contributed by atoms with Crippen molar-refractivity contribution in [3.8, 4) is 11.8 Å². The Balaban J connectivity index is 3.31. The van der Waals surface area contributed by atoms with E-state index in [4.69, 9.17) is 5.26 Å². The number of rotatable bonds is 3. The predicted molar refractivity (Wildman–Crippen MR) is 55.7 cm³/mol. The third-order valence-electron chi connectivity index (χ3n) is 1.81. The Bertz CT molecular complexity index is 504.